The minimum atomic E-state index is -0.0854. The zero-order valence-electron chi connectivity index (χ0n) is 9.82. The van der Waals surface area contributed by atoms with Crippen molar-refractivity contribution in [3.63, 3.8) is 0 Å². The molecule has 0 saturated carbocycles. The SMILES string of the molecule is CN1CCCC(NC(=O)c2ccc(Br)cn2)C1. The number of carbonyl (C=O) groups excluding carboxylic acids is 1. The number of likely N-dealkylation sites (tertiary alicyclic amines) is 1. The number of amides is 1. The highest BCUT2D eigenvalue weighted by Gasteiger charge is 2.19. The minimum absolute atomic E-state index is 0.0854. The number of pyridine rings is 1. The fourth-order valence-electron chi connectivity index (χ4n) is 2.05. The van der Waals surface area contributed by atoms with Crippen LogP contribution in [0.4, 0.5) is 0 Å². The maximum absolute atomic E-state index is 11.9. The Labute approximate surface area is 110 Å². The van der Waals surface area contributed by atoms with E-state index in [9.17, 15) is 4.79 Å². The number of likely N-dealkylation sites (N-methyl/N-ethyl adjacent to an activating group) is 1. The fraction of sp³-hybridized carbons (Fsp3) is 0.500. The largest absolute Gasteiger partial charge is 0.347 e. The molecule has 1 aliphatic rings. The van der Waals surface area contributed by atoms with Crippen LogP contribution < -0.4 is 5.32 Å². The van der Waals surface area contributed by atoms with Crippen LogP contribution in [0.2, 0.25) is 0 Å². The average molecular weight is 298 g/mol. The van der Waals surface area contributed by atoms with Crippen molar-refractivity contribution < 1.29 is 4.79 Å². The molecule has 1 unspecified atom stereocenters. The molecule has 2 heterocycles. The summed E-state index contributed by atoms with van der Waals surface area (Å²) in [6, 6.07) is 3.80. The van der Waals surface area contributed by atoms with Crippen molar-refractivity contribution in [2.24, 2.45) is 0 Å². The van der Waals surface area contributed by atoms with Crippen molar-refractivity contribution in [3.8, 4) is 0 Å². The Morgan fingerprint density at radius 1 is 1.59 bits per heavy atom. The highest BCUT2D eigenvalue weighted by atomic mass is 79.9. The number of aromatic nitrogens is 1. The zero-order valence-corrected chi connectivity index (χ0v) is 11.4. The van der Waals surface area contributed by atoms with E-state index in [-0.39, 0.29) is 11.9 Å². The van der Waals surface area contributed by atoms with E-state index in [4.69, 9.17) is 0 Å². The van der Waals surface area contributed by atoms with Crippen molar-refractivity contribution in [1.82, 2.24) is 15.2 Å². The van der Waals surface area contributed by atoms with Crippen LogP contribution in [-0.4, -0.2) is 42.0 Å². The predicted molar refractivity (Wildman–Crippen MR) is 69.9 cm³/mol. The van der Waals surface area contributed by atoms with Gasteiger partial charge in [-0.15, -0.1) is 0 Å². The molecule has 1 saturated heterocycles. The highest BCUT2D eigenvalue weighted by molar-refractivity contribution is 9.10. The third kappa shape index (κ3) is 3.51. The second-order valence-electron chi connectivity index (χ2n) is 4.44. The lowest BCUT2D eigenvalue weighted by Crippen LogP contribution is -2.46. The molecule has 1 amide bonds. The van der Waals surface area contributed by atoms with Crippen LogP contribution >= 0.6 is 15.9 Å². The lowest BCUT2D eigenvalue weighted by atomic mass is 10.1. The lowest BCUT2D eigenvalue weighted by molar-refractivity contribution is 0.0907. The fourth-order valence-corrected chi connectivity index (χ4v) is 2.29. The molecule has 2 rings (SSSR count). The number of halogens is 1. The van der Waals surface area contributed by atoms with E-state index in [1.165, 1.54) is 0 Å². The van der Waals surface area contributed by atoms with Gasteiger partial charge in [0.2, 0.25) is 0 Å². The summed E-state index contributed by atoms with van der Waals surface area (Å²) in [6.07, 6.45) is 3.82. The van der Waals surface area contributed by atoms with Crippen LogP contribution in [-0.2, 0) is 0 Å². The molecule has 1 N–H and O–H groups in total. The highest BCUT2D eigenvalue weighted by Crippen LogP contribution is 2.10. The third-order valence-corrected chi connectivity index (χ3v) is 3.39. The predicted octanol–water partition coefficient (Wildman–Crippen LogP) is 1.67. The maximum Gasteiger partial charge on any atom is 0.270 e. The van der Waals surface area contributed by atoms with Gasteiger partial charge in [-0.1, -0.05) is 0 Å². The van der Waals surface area contributed by atoms with E-state index >= 15 is 0 Å². The summed E-state index contributed by atoms with van der Waals surface area (Å²) < 4.78 is 0.881. The smallest absolute Gasteiger partial charge is 0.270 e. The number of nitrogens with one attached hydrogen (secondary N) is 1. The Balaban J connectivity index is 1.94. The first-order chi connectivity index (χ1) is 8.15. The molecule has 17 heavy (non-hydrogen) atoms. The zero-order chi connectivity index (χ0) is 12.3. The molecular formula is C12H16BrN3O. The van der Waals surface area contributed by atoms with Crippen molar-refractivity contribution in [1.29, 1.82) is 0 Å². The lowest BCUT2D eigenvalue weighted by Gasteiger charge is -2.30. The number of nitrogens with zero attached hydrogens (tertiary/aromatic N) is 2. The number of piperidine rings is 1. The van der Waals surface area contributed by atoms with E-state index in [2.05, 4.69) is 38.2 Å². The quantitative estimate of drug-likeness (QED) is 0.903. The molecule has 4 nitrogen and oxygen atoms in total. The Bertz CT molecular complexity index is 393. The summed E-state index contributed by atoms with van der Waals surface area (Å²) in [5, 5.41) is 3.03. The summed E-state index contributed by atoms with van der Waals surface area (Å²) in [5.74, 6) is -0.0854. The van der Waals surface area contributed by atoms with Gasteiger partial charge in [0, 0.05) is 23.3 Å². The standard InChI is InChI=1S/C12H16BrN3O/c1-16-6-2-3-10(8-16)15-12(17)11-5-4-9(13)7-14-11/h4-5,7,10H,2-3,6,8H2,1H3,(H,15,17). The Hall–Kier alpha value is -0.940. The molecule has 0 radical (unpaired) electrons. The molecular weight excluding hydrogens is 282 g/mol. The van der Waals surface area contributed by atoms with Crippen LogP contribution in [0, 0.1) is 0 Å². The Kier molecular flexibility index (Phi) is 4.12. The normalized spacial score (nSPS) is 21.2. The van der Waals surface area contributed by atoms with Gasteiger partial charge in [-0.3, -0.25) is 4.79 Å². The van der Waals surface area contributed by atoms with Gasteiger partial charge in [0.15, 0.2) is 0 Å². The van der Waals surface area contributed by atoms with Gasteiger partial charge < -0.3 is 10.2 Å². The van der Waals surface area contributed by atoms with E-state index in [1.807, 2.05) is 6.07 Å². The molecule has 1 aliphatic heterocycles. The minimum Gasteiger partial charge on any atom is -0.347 e. The van der Waals surface area contributed by atoms with Crippen molar-refractivity contribution in [3.05, 3.63) is 28.5 Å². The second kappa shape index (κ2) is 5.60. The Morgan fingerprint density at radius 3 is 3.06 bits per heavy atom. The second-order valence-corrected chi connectivity index (χ2v) is 5.35. The van der Waals surface area contributed by atoms with Gasteiger partial charge >= 0.3 is 0 Å². The molecule has 1 aromatic rings. The topological polar surface area (TPSA) is 45.2 Å². The van der Waals surface area contributed by atoms with Crippen LogP contribution in [0.15, 0.2) is 22.8 Å². The first-order valence-corrected chi connectivity index (χ1v) is 6.55. The van der Waals surface area contributed by atoms with Gasteiger partial charge in [-0.2, -0.15) is 0 Å². The van der Waals surface area contributed by atoms with E-state index in [0.717, 1.165) is 30.4 Å². The van der Waals surface area contributed by atoms with Crippen LogP contribution in [0.25, 0.3) is 0 Å². The van der Waals surface area contributed by atoms with Crippen LogP contribution in [0.5, 0.6) is 0 Å². The number of rotatable bonds is 2. The number of carbonyl (C=O) groups is 1. The van der Waals surface area contributed by atoms with Gasteiger partial charge in [-0.25, -0.2) is 4.98 Å². The summed E-state index contributed by atoms with van der Waals surface area (Å²) in [6.45, 7) is 2.03. The summed E-state index contributed by atoms with van der Waals surface area (Å²) in [5.41, 5.74) is 0.474. The van der Waals surface area contributed by atoms with Crippen LogP contribution in [0.3, 0.4) is 0 Å². The van der Waals surface area contributed by atoms with Crippen molar-refractivity contribution in [2.75, 3.05) is 20.1 Å². The molecule has 1 atom stereocenters. The van der Waals surface area contributed by atoms with Gasteiger partial charge in [-0.05, 0) is 54.5 Å². The molecule has 1 aromatic heterocycles. The summed E-state index contributed by atoms with van der Waals surface area (Å²) in [7, 11) is 2.08. The molecule has 0 aliphatic carbocycles. The molecule has 5 heteroatoms. The summed E-state index contributed by atoms with van der Waals surface area (Å²) >= 11 is 3.30. The number of hydrogen-bond acceptors (Lipinski definition) is 3. The first-order valence-electron chi connectivity index (χ1n) is 5.76. The molecule has 1 fully saturated rings. The molecule has 0 spiro atoms. The van der Waals surface area contributed by atoms with Gasteiger partial charge in [0.25, 0.3) is 5.91 Å². The van der Waals surface area contributed by atoms with Crippen molar-refractivity contribution in [2.45, 2.75) is 18.9 Å². The van der Waals surface area contributed by atoms with E-state index < -0.39 is 0 Å². The summed E-state index contributed by atoms with van der Waals surface area (Å²) in [4.78, 5) is 18.3. The van der Waals surface area contributed by atoms with E-state index in [0.29, 0.717) is 5.69 Å². The van der Waals surface area contributed by atoms with Gasteiger partial charge in [0.1, 0.15) is 5.69 Å². The average Bonchev–Trinajstić information content (AvgIpc) is 2.29. The van der Waals surface area contributed by atoms with Crippen molar-refractivity contribution >= 4 is 21.8 Å². The first kappa shape index (κ1) is 12.5. The van der Waals surface area contributed by atoms with Gasteiger partial charge in [0.05, 0.1) is 0 Å². The molecule has 92 valence electrons. The third-order valence-electron chi connectivity index (χ3n) is 2.92. The molecule has 0 aromatic carbocycles. The molecule has 0 bridgehead atoms. The Morgan fingerprint density at radius 2 is 2.41 bits per heavy atom. The monoisotopic (exact) mass is 297 g/mol. The maximum atomic E-state index is 11.9. The van der Waals surface area contributed by atoms with Crippen LogP contribution in [0.1, 0.15) is 23.3 Å². The number of hydrogen-bond donors (Lipinski definition) is 1. The van der Waals surface area contributed by atoms with E-state index in [1.54, 1.807) is 12.3 Å².